The van der Waals surface area contributed by atoms with E-state index in [1.165, 1.54) is 19.3 Å². The Hall–Kier alpha value is -1.20. The first-order valence-electron chi connectivity index (χ1n) is 6.54. The van der Waals surface area contributed by atoms with Gasteiger partial charge < -0.3 is 5.32 Å². The highest BCUT2D eigenvalue weighted by Crippen LogP contribution is 2.23. The van der Waals surface area contributed by atoms with Gasteiger partial charge in [-0.3, -0.25) is 0 Å². The molecule has 1 aromatic carbocycles. The highest BCUT2D eigenvalue weighted by Gasteiger charge is 2.22. The maximum atomic E-state index is 9.33. The fourth-order valence-corrected chi connectivity index (χ4v) is 2.13. The molecule has 0 aromatic heterocycles. The SMILES string of the molecule is CCCCCCC(C)(C#N)Nc1cccc(Cl)c1. The third-order valence-electron chi connectivity index (χ3n) is 3.02. The van der Waals surface area contributed by atoms with Crippen LogP contribution in [-0.2, 0) is 0 Å². The molecule has 1 N–H and O–H groups in total. The van der Waals surface area contributed by atoms with Gasteiger partial charge in [-0.05, 0) is 31.5 Å². The topological polar surface area (TPSA) is 35.8 Å². The van der Waals surface area contributed by atoms with Gasteiger partial charge in [-0.25, -0.2) is 0 Å². The molecule has 0 aliphatic heterocycles. The lowest BCUT2D eigenvalue weighted by Crippen LogP contribution is -2.32. The highest BCUT2D eigenvalue weighted by molar-refractivity contribution is 6.30. The Morgan fingerprint density at radius 2 is 2.11 bits per heavy atom. The Morgan fingerprint density at radius 3 is 2.72 bits per heavy atom. The monoisotopic (exact) mass is 264 g/mol. The van der Waals surface area contributed by atoms with Crippen LogP contribution >= 0.6 is 11.6 Å². The molecule has 0 aliphatic rings. The zero-order valence-electron chi connectivity index (χ0n) is 11.2. The summed E-state index contributed by atoms with van der Waals surface area (Å²) in [4.78, 5) is 0. The Labute approximate surface area is 115 Å². The highest BCUT2D eigenvalue weighted by atomic mass is 35.5. The Kier molecular flexibility index (Phi) is 6.01. The fourth-order valence-electron chi connectivity index (χ4n) is 1.94. The van der Waals surface area contributed by atoms with Crippen LogP contribution in [0.1, 0.15) is 46.0 Å². The standard InChI is InChI=1S/C15H21ClN2/c1-3-4-5-6-10-15(2,12-17)18-14-9-7-8-13(16)11-14/h7-9,11,18H,3-6,10H2,1-2H3. The number of nitriles is 1. The van der Waals surface area contributed by atoms with E-state index in [0.717, 1.165) is 18.5 Å². The molecule has 3 heteroatoms. The predicted molar refractivity (Wildman–Crippen MR) is 77.9 cm³/mol. The summed E-state index contributed by atoms with van der Waals surface area (Å²) in [5, 5.41) is 13.3. The van der Waals surface area contributed by atoms with E-state index in [4.69, 9.17) is 11.6 Å². The van der Waals surface area contributed by atoms with Crippen molar-refractivity contribution in [2.45, 2.75) is 51.5 Å². The normalized spacial score (nSPS) is 13.7. The van der Waals surface area contributed by atoms with Gasteiger partial charge in [0.05, 0.1) is 6.07 Å². The molecule has 0 fully saturated rings. The molecule has 1 aromatic rings. The van der Waals surface area contributed by atoms with Gasteiger partial charge in [-0.15, -0.1) is 0 Å². The minimum absolute atomic E-state index is 0.515. The lowest BCUT2D eigenvalue weighted by molar-refractivity contribution is 0.528. The maximum Gasteiger partial charge on any atom is 0.122 e. The maximum absolute atomic E-state index is 9.33. The van der Waals surface area contributed by atoms with Crippen LogP contribution in [0.3, 0.4) is 0 Å². The lowest BCUT2D eigenvalue weighted by Gasteiger charge is -2.24. The first kappa shape index (κ1) is 14.9. The van der Waals surface area contributed by atoms with E-state index in [0.29, 0.717) is 5.02 Å². The zero-order chi connectivity index (χ0) is 13.4. The molecule has 0 heterocycles. The third kappa shape index (κ3) is 4.98. The van der Waals surface area contributed by atoms with E-state index in [1.54, 1.807) is 0 Å². The smallest absolute Gasteiger partial charge is 0.122 e. The molecule has 0 saturated heterocycles. The number of nitrogens with zero attached hydrogens (tertiary/aromatic N) is 1. The lowest BCUT2D eigenvalue weighted by atomic mass is 9.95. The van der Waals surface area contributed by atoms with Crippen molar-refractivity contribution >= 4 is 17.3 Å². The molecule has 1 rings (SSSR count). The molecule has 0 aliphatic carbocycles. The zero-order valence-corrected chi connectivity index (χ0v) is 11.9. The van der Waals surface area contributed by atoms with Gasteiger partial charge in [0, 0.05) is 10.7 Å². The molecule has 0 bridgehead atoms. The largest absolute Gasteiger partial charge is 0.368 e. The summed E-state index contributed by atoms with van der Waals surface area (Å²) in [6, 6.07) is 9.88. The van der Waals surface area contributed by atoms with Crippen molar-refractivity contribution < 1.29 is 0 Å². The van der Waals surface area contributed by atoms with Crippen molar-refractivity contribution in [3.8, 4) is 6.07 Å². The quantitative estimate of drug-likeness (QED) is 0.703. The molecule has 18 heavy (non-hydrogen) atoms. The molecule has 2 nitrogen and oxygen atoms in total. The molecule has 0 saturated carbocycles. The molecule has 1 unspecified atom stereocenters. The first-order valence-corrected chi connectivity index (χ1v) is 6.92. The van der Waals surface area contributed by atoms with E-state index >= 15 is 0 Å². The van der Waals surface area contributed by atoms with Crippen LogP contribution < -0.4 is 5.32 Å². The van der Waals surface area contributed by atoms with Crippen molar-refractivity contribution in [1.82, 2.24) is 0 Å². The van der Waals surface area contributed by atoms with E-state index in [9.17, 15) is 5.26 Å². The van der Waals surface area contributed by atoms with Gasteiger partial charge in [0.15, 0.2) is 0 Å². The van der Waals surface area contributed by atoms with Crippen LogP contribution in [0.15, 0.2) is 24.3 Å². The van der Waals surface area contributed by atoms with Gasteiger partial charge in [0.25, 0.3) is 0 Å². The Balaban J connectivity index is 2.57. The van der Waals surface area contributed by atoms with E-state index in [-0.39, 0.29) is 0 Å². The van der Waals surface area contributed by atoms with Crippen LogP contribution in [0, 0.1) is 11.3 Å². The Bertz CT molecular complexity index is 411. The second-order valence-electron chi connectivity index (χ2n) is 4.89. The first-order chi connectivity index (χ1) is 8.59. The van der Waals surface area contributed by atoms with Gasteiger partial charge in [0.1, 0.15) is 5.54 Å². The number of benzene rings is 1. The van der Waals surface area contributed by atoms with Crippen molar-refractivity contribution in [3.05, 3.63) is 29.3 Å². The van der Waals surface area contributed by atoms with Crippen LogP contribution in [0.5, 0.6) is 0 Å². The molecule has 1 atom stereocenters. The number of hydrogen-bond acceptors (Lipinski definition) is 2. The summed E-state index contributed by atoms with van der Waals surface area (Å²) in [6.45, 7) is 4.13. The van der Waals surface area contributed by atoms with Crippen LogP contribution in [0.25, 0.3) is 0 Å². The summed E-state index contributed by atoms with van der Waals surface area (Å²) in [7, 11) is 0. The predicted octanol–water partition coefficient (Wildman–Crippen LogP) is 5.00. The summed E-state index contributed by atoms with van der Waals surface area (Å²) < 4.78 is 0. The third-order valence-corrected chi connectivity index (χ3v) is 3.26. The van der Waals surface area contributed by atoms with Crippen LogP contribution in [-0.4, -0.2) is 5.54 Å². The van der Waals surface area contributed by atoms with Crippen molar-refractivity contribution in [1.29, 1.82) is 5.26 Å². The van der Waals surface area contributed by atoms with Gasteiger partial charge in [0.2, 0.25) is 0 Å². The van der Waals surface area contributed by atoms with E-state index in [1.807, 2.05) is 31.2 Å². The number of unbranched alkanes of at least 4 members (excludes halogenated alkanes) is 3. The number of hydrogen-bond donors (Lipinski definition) is 1. The number of nitrogens with one attached hydrogen (secondary N) is 1. The molecular weight excluding hydrogens is 244 g/mol. The fraction of sp³-hybridized carbons (Fsp3) is 0.533. The van der Waals surface area contributed by atoms with Crippen molar-refractivity contribution in [2.24, 2.45) is 0 Å². The van der Waals surface area contributed by atoms with E-state index in [2.05, 4.69) is 18.3 Å². The molecule has 0 radical (unpaired) electrons. The van der Waals surface area contributed by atoms with Crippen molar-refractivity contribution in [2.75, 3.05) is 5.32 Å². The number of halogens is 1. The van der Waals surface area contributed by atoms with Crippen LogP contribution in [0.2, 0.25) is 5.02 Å². The van der Waals surface area contributed by atoms with E-state index < -0.39 is 5.54 Å². The molecule has 0 spiro atoms. The van der Waals surface area contributed by atoms with Gasteiger partial charge >= 0.3 is 0 Å². The number of rotatable bonds is 7. The van der Waals surface area contributed by atoms with Crippen LogP contribution in [0.4, 0.5) is 5.69 Å². The molecule has 0 amide bonds. The summed E-state index contributed by atoms with van der Waals surface area (Å²) in [5.74, 6) is 0. The molecule has 98 valence electrons. The average molecular weight is 265 g/mol. The van der Waals surface area contributed by atoms with Gasteiger partial charge in [-0.2, -0.15) is 5.26 Å². The molecular formula is C15H21ClN2. The summed E-state index contributed by atoms with van der Waals surface area (Å²) in [6.07, 6.45) is 5.57. The second-order valence-corrected chi connectivity index (χ2v) is 5.33. The number of anilines is 1. The van der Waals surface area contributed by atoms with Crippen molar-refractivity contribution in [3.63, 3.8) is 0 Å². The average Bonchev–Trinajstić information content (AvgIpc) is 2.35. The summed E-state index contributed by atoms with van der Waals surface area (Å²) >= 11 is 5.94. The second kappa shape index (κ2) is 7.28. The Morgan fingerprint density at radius 1 is 1.33 bits per heavy atom. The minimum atomic E-state index is -0.515. The minimum Gasteiger partial charge on any atom is -0.368 e. The van der Waals surface area contributed by atoms with Gasteiger partial charge in [-0.1, -0.05) is 50.3 Å². The summed E-state index contributed by atoms with van der Waals surface area (Å²) in [5.41, 5.74) is 0.389.